The second-order valence-electron chi connectivity index (χ2n) is 4.17. The van der Waals surface area contributed by atoms with Crippen LogP contribution in [-0.2, 0) is 15.3 Å². The molecule has 0 aliphatic carbocycles. The lowest BCUT2D eigenvalue weighted by molar-refractivity contribution is -0.131. The van der Waals surface area contributed by atoms with Gasteiger partial charge in [-0.1, -0.05) is 0 Å². The Morgan fingerprint density at radius 2 is 2.56 bits per heavy atom. The Bertz CT molecular complexity index is 420. The predicted molar refractivity (Wildman–Crippen MR) is 76.1 cm³/mol. The summed E-state index contributed by atoms with van der Waals surface area (Å²) in [5.41, 5.74) is 0.968. The lowest BCUT2D eigenvalue weighted by atomic mass is 10.3. The van der Waals surface area contributed by atoms with Crippen LogP contribution in [0.25, 0.3) is 6.08 Å². The van der Waals surface area contributed by atoms with Crippen LogP contribution in [0.1, 0.15) is 23.3 Å². The lowest BCUT2D eigenvalue weighted by Crippen LogP contribution is -2.07. The summed E-state index contributed by atoms with van der Waals surface area (Å²) in [6, 6.07) is 2.05. The van der Waals surface area contributed by atoms with E-state index in [0.29, 0.717) is 6.10 Å². The average molecular weight is 284 g/mol. The standard InChI is InChI=1S/C13H16O3S2/c14-13(15)4-3-10-6-12(18-7-10)9-17-8-11-2-1-5-16-11/h3-4,6-7,11H,1-2,5,8-9H2,(H,14,15)/b4-3+. The zero-order chi connectivity index (χ0) is 12.8. The van der Waals surface area contributed by atoms with Gasteiger partial charge in [0.15, 0.2) is 0 Å². The fourth-order valence-electron chi connectivity index (χ4n) is 1.80. The number of thiophene rings is 1. The molecule has 1 aromatic rings. The quantitative estimate of drug-likeness (QED) is 0.815. The summed E-state index contributed by atoms with van der Waals surface area (Å²) in [5, 5.41) is 10.5. The van der Waals surface area contributed by atoms with Gasteiger partial charge in [0.25, 0.3) is 0 Å². The van der Waals surface area contributed by atoms with Crippen LogP contribution in [0.2, 0.25) is 0 Å². The summed E-state index contributed by atoms with van der Waals surface area (Å²) in [5.74, 6) is 1.12. The van der Waals surface area contributed by atoms with E-state index in [2.05, 4.69) is 0 Å². The summed E-state index contributed by atoms with van der Waals surface area (Å²) in [6.07, 6.45) is 5.61. The number of rotatable bonds is 6. The van der Waals surface area contributed by atoms with Crippen molar-refractivity contribution >= 4 is 35.1 Å². The fourth-order valence-corrected chi connectivity index (χ4v) is 3.88. The first-order valence-corrected chi connectivity index (χ1v) is 7.95. The van der Waals surface area contributed by atoms with Gasteiger partial charge < -0.3 is 9.84 Å². The second kappa shape index (κ2) is 6.97. The summed E-state index contributed by atoms with van der Waals surface area (Å²) >= 11 is 3.56. The molecule has 1 aliphatic heterocycles. The number of hydrogen-bond donors (Lipinski definition) is 1. The largest absolute Gasteiger partial charge is 0.478 e. The fraction of sp³-hybridized carbons (Fsp3) is 0.462. The first-order chi connectivity index (χ1) is 8.74. The summed E-state index contributed by atoms with van der Waals surface area (Å²) in [4.78, 5) is 11.7. The molecule has 0 radical (unpaired) electrons. The maximum atomic E-state index is 10.4. The second-order valence-corrected chi connectivity index (χ2v) is 6.19. The molecular weight excluding hydrogens is 268 g/mol. The molecule has 98 valence electrons. The molecule has 2 heterocycles. The Balaban J connectivity index is 1.74. The van der Waals surface area contributed by atoms with E-state index in [9.17, 15) is 4.79 Å². The van der Waals surface area contributed by atoms with Gasteiger partial charge in [-0.25, -0.2) is 4.79 Å². The molecular formula is C13H16O3S2. The van der Waals surface area contributed by atoms with Gasteiger partial charge in [0.1, 0.15) is 0 Å². The van der Waals surface area contributed by atoms with Crippen molar-refractivity contribution in [3.8, 4) is 0 Å². The highest BCUT2D eigenvalue weighted by Crippen LogP contribution is 2.24. The average Bonchev–Trinajstić information content (AvgIpc) is 2.97. The number of ether oxygens (including phenoxy) is 1. The molecule has 0 spiro atoms. The van der Waals surface area contributed by atoms with Crippen LogP contribution in [0.5, 0.6) is 0 Å². The predicted octanol–water partition coefficient (Wildman–Crippen LogP) is 3.26. The van der Waals surface area contributed by atoms with Crippen molar-refractivity contribution in [2.75, 3.05) is 12.4 Å². The van der Waals surface area contributed by atoms with E-state index < -0.39 is 5.97 Å². The molecule has 1 saturated heterocycles. The zero-order valence-electron chi connectivity index (χ0n) is 10.0. The minimum Gasteiger partial charge on any atom is -0.478 e. The van der Waals surface area contributed by atoms with Crippen molar-refractivity contribution in [1.29, 1.82) is 0 Å². The molecule has 0 saturated carbocycles. The van der Waals surface area contributed by atoms with E-state index in [1.165, 1.54) is 23.8 Å². The number of hydrogen-bond acceptors (Lipinski definition) is 4. The highest BCUT2D eigenvalue weighted by molar-refractivity contribution is 7.98. The van der Waals surface area contributed by atoms with Gasteiger partial charge in [-0.3, -0.25) is 0 Å². The van der Waals surface area contributed by atoms with E-state index in [0.717, 1.165) is 23.7 Å². The molecule has 1 N–H and O–H groups in total. The highest BCUT2D eigenvalue weighted by Gasteiger charge is 2.15. The molecule has 1 unspecified atom stereocenters. The third kappa shape index (κ3) is 4.48. The van der Waals surface area contributed by atoms with E-state index in [1.54, 1.807) is 17.4 Å². The number of carboxylic acid groups (broad SMARTS) is 1. The van der Waals surface area contributed by atoms with Gasteiger partial charge in [-0.2, -0.15) is 11.8 Å². The van der Waals surface area contributed by atoms with Gasteiger partial charge in [0.2, 0.25) is 0 Å². The van der Waals surface area contributed by atoms with Gasteiger partial charge in [-0.15, -0.1) is 11.3 Å². The van der Waals surface area contributed by atoms with E-state index in [-0.39, 0.29) is 0 Å². The van der Waals surface area contributed by atoms with Crippen LogP contribution in [-0.4, -0.2) is 29.5 Å². The van der Waals surface area contributed by atoms with E-state index in [1.807, 2.05) is 23.2 Å². The third-order valence-electron chi connectivity index (χ3n) is 2.66. The maximum absolute atomic E-state index is 10.4. The number of carboxylic acids is 1. The number of thioether (sulfide) groups is 1. The molecule has 0 bridgehead atoms. The summed E-state index contributed by atoms with van der Waals surface area (Å²) in [6.45, 7) is 0.911. The van der Waals surface area contributed by atoms with E-state index >= 15 is 0 Å². The smallest absolute Gasteiger partial charge is 0.328 e. The Morgan fingerprint density at radius 1 is 1.67 bits per heavy atom. The van der Waals surface area contributed by atoms with Crippen molar-refractivity contribution < 1.29 is 14.6 Å². The lowest BCUT2D eigenvalue weighted by Gasteiger charge is -2.07. The molecule has 18 heavy (non-hydrogen) atoms. The van der Waals surface area contributed by atoms with Crippen molar-refractivity contribution in [2.24, 2.45) is 0 Å². The van der Waals surface area contributed by atoms with Crippen LogP contribution in [0, 0.1) is 0 Å². The van der Waals surface area contributed by atoms with Crippen molar-refractivity contribution in [2.45, 2.75) is 24.7 Å². The molecule has 2 rings (SSSR count). The molecule has 1 atom stereocenters. The van der Waals surface area contributed by atoms with Crippen molar-refractivity contribution in [1.82, 2.24) is 0 Å². The van der Waals surface area contributed by atoms with Gasteiger partial charge in [-0.05, 0) is 35.9 Å². The molecule has 1 aromatic heterocycles. The Hall–Kier alpha value is -0.780. The first-order valence-electron chi connectivity index (χ1n) is 5.92. The Labute approximate surface area is 115 Å². The number of carbonyl (C=O) groups is 1. The molecule has 1 aliphatic rings. The SMILES string of the molecule is O=C(O)/C=C/c1csc(CSCC2CCCO2)c1. The van der Waals surface area contributed by atoms with Crippen LogP contribution in [0.15, 0.2) is 17.5 Å². The molecule has 0 aromatic carbocycles. The molecule has 0 amide bonds. The van der Waals surface area contributed by atoms with Crippen LogP contribution in [0.4, 0.5) is 0 Å². The minimum absolute atomic E-state index is 0.432. The van der Waals surface area contributed by atoms with Crippen LogP contribution >= 0.6 is 23.1 Å². The maximum Gasteiger partial charge on any atom is 0.328 e. The van der Waals surface area contributed by atoms with Crippen LogP contribution < -0.4 is 0 Å². The molecule has 5 heteroatoms. The highest BCUT2D eigenvalue weighted by atomic mass is 32.2. The summed E-state index contributed by atoms with van der Waals surface area (Å²) in [7, 11) is 0. The Kier molecular flexibility index (Phi) is 5.28. The van der Waals surface area contributed by atoms with Gasteiger partial charge >= 0.3 is 5.97 Å². The number of aliphatic carboxylic acids is 1. The minimum atomic E-state index is -0.907. The first kappa shape index (κ1) is 13.6. The van der Waals surface area contributed by atoms with Gasteiger partial charge in [0.05, 0.1) is 6.10 Å². The van der Waals surface area contributed by atoms with Crippen molar-refractivity contribution in [3.63, 3.8) is 0 Å². The molecule has 3 nitrogen and oxygen atoms in total. The van der Waals surface area contributed by atoms with Crippen LogP contribution in [0.3, 0.4) is 0 Å². The Morgan fingerprint density at radius 3 is 3.28 bits per heavy atom. The normalized spacial score (nSPS) is 19.7. The molecule has 1 fully saturated rings. The third-order valence-corrected chi connectivity index (χ3v) is 4.92. The van der Waals surface area contributed by atoms with E-state index in [4.69, 9.17) is 9.84 Å². The van der Waals surface area contributed by atoms with Crippen molar-refractivity contribution in [3.05, 3.63) is 28.0 Å². The monoisotopic (exact) mass is 284 g/mol. The zero-order valence-corrected chi connectivity index (χ0v) is 11.6. The topological polar surface area (TPSA) is 46.5 Å². The summed E-state index contributed by atoms with van der Waals surface area (Å²) < 4.78 is 5.57. The van der Waals surface area contributed by atoms with Gasteiger partial charge in [0, 0.05) is 29.1 Å².